The Morgan fingerprint density at radius 2 is 1.75 bits per heavy atom. The molecule has 2 heteroatoms. The maximum atomic E-state index is 5.14. The topological polar surface area (TPSA) is 21.3 Å². The summed E-state index contributed by atoms with van der Waals surface area (Å²) in [6.07, 6.45) is 6.57. The summed E-state index contributed by atoms with van der Waals surface area (Å²) < 4.78 is 5.14. The maximum absolute atomic E-state index is 5.14. The number of unbranched alkanes of at least 4 members (excludes halogenated alkanes) is 1. The molecule has 2 nitrogen and oxygen atoms in total. The molecule has 0 aromatic heterocycles. The molecular weight excluding hydrogens is 246 g/mol. The number of ether oxygens (including phenoxy) is 1. The summed E-state index contributed by atoms with van der Waals surface area (Å²) in [4.78, 5) is 0. The summed E-state index contributed by atoms with van der Waals surface area (Å²) in [6, 6.07) is 18.4. The summed E-state index contributed by atoms with van der Waals surface area (Å²) in [6.45, 7) is 0.997. The van der Waals surface area contributed by atoms with Gasteiger partial charge in [-0.2, -0.15) is 0 Å². The van der Waals surface area contributed by atoms with Crippen LogP contribution in [0.25, 0.3) is 6.08 Å². The Kier molecular flexibility index (Phi) is 5.71. The van der Waals surface area contributed by atoms with E-state index in [9.17, 15) is 0 Å². The normalized spacial score (nSPS) is 10.7. The van der Waals surface area contributed by atoms with Gasteiger partial charge < -0.3 is 10.1 Å². The van der Waals surface area contributed by atoms with Crippen LogP contribution in [0.2, 0.25) is 0 Å². The fourth-order valence-electron chi connectivity index (χ4n) is 1.94. The second kappa shape index (κ2) is 8.05. The molecule has 0 bridgehead atoms. The van der Waals surface area contributed by atoms with Crippen LogP contribution < -0.4 is 10.1 Å². The first kappa shape index (κ1) is 14.2. The number of para-hydroxylation sites is 1. The molecule has 2 aromatic rings. The number of allylic oxidation sites excluding steroid dienone is 1. The van der Waals surface area contributed by atoms with Gasteiger partial charge in [0.25, 0.3) is 0 Å². The van der Waals surface area contributed by atoms with E-state index in [1.807, 2.05) is 30.3 Å². The zero-order valence-corrected chi connectivity index (χ0v) is 11.9. The number of anilines is 1. The quantitative estimate of drug-likeness (QED) is 0.740. The minimum Gasteiger partial charge on any atom is -0.497 e. The molecule has 0 amide bonds. The second-order valence-corrected chi connectivity index (χ2v) is 4.61. The largest absolute Gasteiger partial charge is 0.497 e. The first-order chi connectivity index (χ1) is 9.88. The van der Waals surface area contributed by atoms with Crippen molar-refractivity contribution in [2.45, 2.75) is 12.8 Å². The molecule has 0 unspecified atom stereocenters. The molecule has 0 aliphatic carbocycles. The van der Waals surface area contributed by atoms with E-state index < -0.39 is 0 Å². The molecule has 0 atom stereocenters. The predicted octanol–water partition coefficient (Wildman–Crippen LogP) is 4.60. The van der Waals surface area contributed by atoms with Crippen molar-refractivity contribution in [3.8, 4) is 5.75 Å². The van der Waals surface area contributed by atoms with Crippen LogP contribution in [0, 0.1) is 0 Å². The van der Waals surface area contributed by atoms with E-state index >= 15 is 0 Å². The second-order valence-electron chi connectivity index (χ2n) is 4.61. The SMILES string of the molecule is COc1ccc(/C=C/CCCNc2ccccc2)cc1. The van der Waals surface area contributed by atoms with E-state index in [-0.39, 0.29) is 0 Å². The number of nitrogens with one attached hydrogen (secondary N) is 1. The van der Waals surface area contributed by atoms with Crippen molar-refractivity contribution in [3.05, 3.63) is 66.2 Å². The molecular formula is C18H21NO. The molecule has 0 aliphatic heterocycles. The molecule has 0 heterocycles. The fraction of sp³-hybridized carbons (Fsp3) is 0.222. The summed E-state index contributed by atoms with van der Waals surface area (Å²) in [5.74, 6) is 0.897. The monoisotopic (exact) mass is 267 g/mol. The van der Waals surface area contributed by atoms with Gasteiger partial charge in [0.05, 0.1) is 7.11 Å². The Morgan fingerprint density at radius 1 is 1.00 bits per heavy atom. The Morgan fingerprint density at radius 3 is 2.45 bits per heavy atom. The lowest BCUT2D eigenvalue weighted by Gasteiger charge is -2.04. The highest BCUT2D eigenvalue weighted by Gasteiger charge is 1.91. The molecule has 2 rings (SSSR count). The van der Waals surface area contributed by atoms with E-state index in [0.29, 0.717) is 0 Å². The highest BCUT2D eigenvalue weighted by atomic mass is 16.5. The van der Waals surface area contributed by atoms with Gasteiger partial charge in [0.2, 0.25) is 0 Å². The number of hydrogen-bond acceptors (Lipinski definition) is 2. The van der Waals surface area contributed by atoms with Gasteiger partial charge in [0, 0.05) is 12.2 Å². The van der Waals surface area contributed by atoms with Crippen molar-refractivity contribution in [2.24, 2.45) is 0 Å². The Bertz CT molecular complexity index is 517. The molecule has 0 radical (unpaired) electrons. The van der Waals surface area contributed by atoms with Crippen molar-refractivity contribution in [2.75, 3.05) is 19.0 Å². The van der Waals surface area contributed by atoms with Crippen molar-refractivity contribution >= 4 is 11.8 Å². The summed E-state index contributed by atoms with van der Waals surface area (Å²) in [5.41, 5.74) is 2.40. The lowest BCUT2D eigenvalue weighted by molar-refractivity contribution is 0.415. The van der Waals surface area contributed by atoms with Crippen LogP contribution in [0.5, 0.6) is 5.75 Å². The Balaban J connectivity index is 1.66. The zero-order valence-electron chi connectivity index (χ0n) is 11.9. The summed E-state index contributed by atoms with van der Waals surface area (Å²) in [7, 11) is 1.69. The van der Waals surface area contributed by atoms with Crippen molar-refractivity contribution in [1.29, 1.82) is 0 Å². The van der Waals surface area contributed by atoms with Crippen LogP contribution in [0.15, 0.2) is 60.7 Å². The summed E-state index contributed by atoms with van der Waals surface area (Å²) in [5, 5.41) is 3.41. The first-order valence-corrected chi connectivity index (χ1v) is 6.98. The predicted molar refractivity (Wildman–Crippen MR) is 86.2 cm³/mol. The first-order valence-electron chi connectivity index (χ1n) is 6.98. The molecule has 2 aromatic carbocycles. The van der Waals surface area contributed by atoms with Crippen molar-refractivity contribution in [3.63, 3.8) is 0 Å². The van der Waals surface area contributed by atoms with Gasteiger partial charge in [0.15, 0.2) is 0 Å². The molecule has 20 heavy (non-hydrogen) atoms. The maximum Gasteiger partial charge on any atom is 0.118 e. The van der Waals surface area contributed by atoms with Crippen LogP contribution in [0.1, 0.15) is 18.4 Å². The lowest BCUT2D eigenvalue weighted by atomic mass is 10.2. The van der Waals surface area contributed by atoms with Crippen LogP contribution >= 0.6 is 0 Å². The smallest absolute Gasteiger partial charge is 0.118 e. The summed E-state index contributed by atoms with van der Waals surface area (Å²) >= 11 is 0. The molecule has 0 fully saturated rings. The van der Waals surface area contributed by atoms with Gasteiger partial charge in [0.1, 0.15) is 5.75 Å². The average molecular weight is 267 g/mol. The highest BCUT2D eigenvalue weighted by Crippen LogP contribution is 2.12. The zero-order chi connectivity index (χ0) is 14.0. The van der Waals surface area contributed by atoms with E-state index in [1.165, 1.54) is 11.3 Å². The molecule has 0 saturated heterocycles. The van der Waals surface area contributed by atoms with Gasteiger partial charge in [-0.05, 0) is 42.7 Å². The van der Waals surface area contributed by atoms with Crippen LogP contribution in [-0.4, -0.2) is 13.7 Å². The lowest BCUT2D eigenvalue weighted by Crippen LogP contribution is -2.00. The van der Waals surface area contributed by atoms with E-state index in [4.69, 9.17) is 4.74 Å². The molecule has 0 aliphatic rings. The van der Waals surface area contributed by atoms with Crippen LogP contribution in [0.4, 0.5) is 5.69 Å². The number of rotatable bonds is 7. The number of hydrogen-bond donors (Lipinski definition) is 1. The van der Waals surface area contributed by atoms with Gasteiger partial charge in [-0.25, -0.2) is 0 Å². The van der Waals surface area contributed by atoms with Crippen LogP contribution in [-0.2, 0) is 0 Å². The minimum absolute atomic E-state index is 0.897. The molecule has 0 saturated carbocycles. The minimum atomic E-state index is 0.897. The Hall–Kier alpha value is -2.22. The van der Waals surface area contributed by atoms with E-state index in [0.717, 1.165) is 25.1 Å². The molecule has 1 N–H and O–H groups in total. The highest BCUT2D eigenvalue weighted by molar-refractivity contribution is 5.50. The van der Waals surface area contributed by atoms with Gasteiger partial charge >= 0.3 is 0 Å². The van der Waals surface area contributed by atoms with Crippen molar-refractivity contribution < 1.29 is 4.74 Å². The van der Waals surface area contributed by atoms with Gasteiger partial charge in [-0.15, -0.1) is 0 Å². The average Bonchev–Trinajstić information content (AvgIpc) is 2.52. The van der Waals surface area contributed by atoms with E-state index in [2.05, 4.69) is 41.7 Å². The third kappa shape index (κ3) is 4.81. The van der Waals surface area contributed by atoms with Crippen LogP contribution in [0.3, 0.4) is 0 Å². The fourth-order valence-corrected chi connectivity index (χ4v) is 1.94. The molecule has 104 valence electrons. The van der Waals surface area contributed by atoms with Gasteiger partial charge in [-0.3, -0.25) is 0 Å². The third-order valence-electron chi connectivity index (χ3n) is 3.08. The number of methoxy groups -OCH3 is 1. The third-order valence-corrected chi connectivity index (χ3v) is 3.08. The standard InChI is InChI=1S/C18H21NO/c1-20-18-13-11-16(12-14-18)8-4-3-7-15-19-17-9-5-2-6-10-17/h2,4-6,8-14,19H,3,7,15H2,1H3/b8-4+. The van der Waals surface area contributed by atoms with Crippen molar-refractivity contribution in [1.82, 2.24) is 0 Å². The molecule has 0 spiro atoms. The Labute approximate surface area is 121 Å². The number of benzene rings is 2. The van der Waals surface area contributed by atoms with Gasteiger partial charge in [-0.1, -0.05) is 42.5 Å². The van der Waals surface area contributed by atoms with E-state index in [1.54, 1.807) is 7.11 Å².